The second kappa shape index (κ2) is 10.0. The molecule has 0 spiro atoms. The van der Waals surface area contributed by atoms with Gasteiger partial charge in [-0.1, -0.05) is 25.7 Å². The highest BCUT2D eigenvalue weighted by Crippen LogP contribution is 2.18. The quantitative estimate of drug-likeness (QED) is 0.776. The highest BCUT2D eigenvalue weighted by atomic mass is 16.2. The number of hydrogen-bond donors (Lipinski definition) is 1. The van der Waals surface area contributed by atoms with Crippen LogP contribution < -0.4 is 5.32 Å². The second-order valence-corrected chi connectivity index (χ2v) is 7.57. The Bertz CT molecular complexity index is 766. The first-order valence-electron chi connectivity index (χ1n) is 10.2. The lowest BCUT2D eigenvalue weighted by molar-refractivity contribution is 0.0795. The van der Waals surface area contributed by atoms with Crippen LogP contribution in [0, 0.1) is 0 Å². The number of carbonyl (C=O) groups excluding carboxylic acids is 2. The summed E-state index contributed by atoms with van der Waals surface area (Å²) in [5.41, 5.74) is 2.36. The van der Waals surface area contributed by atoms with Gasteiger partial charge in [0.1, 0.15) is 0 Å². The van der Waals surface area contributed by atoms with E-state index in [1.54, 1.807) is 48.6 Å². The van der Waals surface area contributed by atoms with E-state index >= 15 is 0 Å². The van der Waals surface area contributed by atoms with E-state index in [1.807, 2.05) is 12.1 Å². The van der Waals surface area contributed by atoms with E-state index in [0.29, 0.717) is 17.7 Å². The van der Waals surface area contributed by atoms with Gasteiger partial charge in [0, 0.05) is 43.2 Å². The topological polar surface area (TPSA) is 62.3 Å². The molecule has 1 saturated carbocycles. The summed E-state index contributed by atoms with van der Waals surface area (Å²) in [4.78, 5) is 30.8. The molecule has 1 aromatic carbocycles. The van der Waals surface area contributed by atoms with Crippen LogP contribution in [0.2, 0.25) is 0 Å². The van der Waals surface area contributed by atoms with Crippen LogP contribution in [0.25, 0.3) is 0 Å². The summed E-state index contributed by atoms with van der Waals surface area (Å²) in [5, 5.41) is 3.15. The van der Waals surface area contributed by atoms with E-state index in [4.69, 9.17) is 0 Å². The largest absolute Gasteiger partial charge is 0.349 e. The van der Waals surface area contributed by atoms with Crippen LogP contribution in [-0.2, 0) is 6.42 Å². The molecule has 0 aliphatic heterocycles. The molecule has 1 aliphatic carbocycles. The van der Waals surface area contributed by atoms with Crippen molar-refractivity contribution in [2.45, 2.75) is 51.0 Å². The highest BCUT2D eigenvalue weighted by Gasteiger charge is 2.17. The van der Waals surface area contributed by atoms with Gasteiger partial charge in [-0.15, -0.1) is 0 Å². The zero-order chi connectivity index (χ0) is 19.8. The van der Waals surface area contributed by atoms with Gasteiger partial charge in [-0.25, -0.2) is 0 Å². The van der Waals surface area contributed by atoms with Crippen molar-refractivity contribution in [3.8, 4) is 0 Å². The summed E-state index contributed by atoms with van der Waals surface area (Å²) < 4.78 is 0. The number of rotatable bonds is 6. The van der Waals surface area contributed by atoms with Gasteiger partial charge in [-0.2, -0.15) is 0 Å². The minimum Gasteiger partial charge on any atom is -0.349 e. The Labute approximate surface area is 167 Å². The van der Waals surface area contributed by atoms with Crippen LogP contribution in [0.5, 0.6) is 0 Å². The molecule has 1 heterocycles. The first-order valence-corrected chi connectivity index (χ1v) is 10.2. The Morgan fingerprint density at radius 1 is 0.964 bits per heavy atom. The molecule has 1 aromatic heterocycles. The maximum absolute atomic E-state index is 12.6. The van der Waals surface area contributed by atoms with Crippen molar-refractivity contribution in [1.82, 2.24) is 15.2 Å². The number of benzene rings is 1. The molecule has 1 fully saturated rings. The van der Waals surface area contributed by atoms with Crippen molar-refractivity contribution in [3.63, 3.8) is 0 Å². The average Bonchev–Trinajstić information content (AvgIpc) is 3.01. The number of pyridine rings is 1. The van der Waals surface area contributed by atoms with E-state index in [1.165, 1.54) is 25.7 Å². The Balaban J connectivity index is 1.53. The molecular formula is C23H29N3O2. The third-order valence-electron chi connectivity index (χ3n) is 5.42. The minimum atomic E-state index is -0.0445. The van der Waals surface area contributed by atoms with Gasteiger partial charge >= 0.3 is 0 Å². The molecule has 3 rings (SSSR count). The first kappa shape index (κ1) is 20.1. The fourth-order valence-electron chi connectivity index (χ4n) is 3.62. The van der Waals surface area contributed by atoms with Crippen molar-refractivity contribution < 1.29 is 9.59 Å². The van der Waals surface area contributed by atoms with E-state index in [0.717, 1.165) is 24.8 Å². The fourth-order valence-corrected chi connectivity index (χ4v) is 3.62. The molecule has 0 atom stereocenters. The summed E-state index contributed by atoms with van der Waals surface area (Å²) in [5.74, 6) is -0.0817. The summed E-state index contributed by atoms with van der Waals surface area (Å²) in [6.07, 6.45) is 11.3. The van der Waals surface area contributed by atoms with Gasteiger partial charge in [0.05, 0.1) is 0 Å². The van der Waals surface area contributed by atoms with Gasteiger partial charge in [0.25, 0.3) is 11.8 Å². The van der Waals surface area contributed by atoms with Gasteiger partial charge in [-0.3, -0.25) is 14.6 Å². The van der Waals surface area contributed by atoms with Crippen molar-refractivity contribution >= 4 is 11.8 Å². The lowest BCUT2D eigenvalue weighted by Gasteiger charge is -2.18. The molecular weight excluding hydrogens is 350 g/mol. The molecule has 148 valence electrons. The fraction of sp³-hybridized carbons (Fsp3) is 0.435. The first-order chi connectivity index (χ1) is 13.6. The van der Waals surface area contributed by atoms with Crippen LogP contribution in [0.1, 0.15) is 64.8 Å². The number of likely N-dealkylation sites (N-methyl/N-ethyl adjacent to an activating group) is 1. The molecule has 0 bridgehead atoms. The predicted molar refractivity (Wildman–Crippen MR) is 110 cm³/mol. The van der Waals surface area contributed by atoms with Crippen LogP contribution in [-0.4, -0.2) is 41.3 Å². The van der Waals surface area contributed by atoms with E-state index in [-0.39, 0.29) is 17.9 Å². The number of nitrogens with one attached hydrogen (secondary N) is 1. The molecule has 0 saturated heterocycles. The Kier molecular flexibility index (Phi) is 7.18. The number of carbonyl (C=O) groups is 2. The summed E-state index contributed by atoms with van der Waals surface area (Å²) in [7, 11) is 1.80. The number of nitrogens with zero attached hydrogens (tertiary/aromatic N) is 2. The van der Waals surface area contributed by atoms with Gasteiger partial charge in [-0.05, 0) is 61.2 Å². The minimum absolute atomic E-state index is 0.0372. The number of amides is 2. The highest BCUT2D eigenvalue weighted by molar-refractivity contribution is 5.97. The van der Waals surface area contributed by atoms with E-state index in [9.17, 15) is 9.59 Å². The lowest BCUT2D eigenvalue weighted by Crippen LogP contribution is -2.34. The van der Waals surface area contributed by atoms with E-state index in [2.05, 4.69) is 10.3 Å². The van der Waals surface area contributed by atoms with Crippen LogP contribution in [0.3, 0.4) is 0 Å². The van der Waals surface area contributed by atoms with Gasteiger partial charge in [0.2, 0.25) is 0 Å². The van der Waals surface area contributed by atoms with Crippen LogP contribution in [0.4, 0.5) is 0 Å². The van der Waals surface area contributed by atoms with Crippen molar-refractivity contribution in [2.24, 2.45) is 0 Å². The normalized spacial score (nSPS) is 14.9. The molecule has 5 heteroatoms. The lowest BCUT2D eigenvalue weighted by atomic mass is 10.1. The van der Waals surface area contributed by atoms with Crippen LogP contribution in [0.15, 0.2) is 48.8 Å². The summed E-state index contributed by atoms with van der Waals surface area (Å²) >= 11 is 0. The second-order valence-electron chi connectivity index (χ2n) is 7.57. The molecule has 28 heavy (non-hydrogen) atoms. The van der Waals surface area contributed by atoms with Crippen LogP contribution >= 0.6 is 0 Å². The maximum atomic E-state index is 12.6. The van der Waals surface area contributed by atoms with Gasteiger partial charge in [0.15, 0.2) is 0 Å². The molecule has 0 unspecified atom stereocenters. The Hall–Kier alpha value is -2.69. The third kappa shape index (κ3) is 5.65. The smallest absolute Gasteiger partial charge is 0.253 e. The molecule has 1 aliphatic rings. The van der Waals surface area contributed by atoms with Crippen molar-refractivity contribution in [1.29, 1.82) is 0 Å². The Morgan fingerprint density at radius 3 is 2.21 bits per heavy atom. The monoisotopic (exact) mass is 379 g/mol. The zero-order valence-electron chi connectivity index (χ0n) is 16.6. The van der Waals surface area contributed by atoms with Gasteiger partial charge < -0.3 is 10.2 Å². The van der Waals surface area contributed by atoms with E-state index < -0.39 is 0 Å². The molecule has 2 aromatic rings. The third-order valence-corrected chi connectivity index (χ3v) is 5.42. The average molecular weight is 380 g/mol. The molecule has 1 N–H and O–H groups in total. The van der Waals surface area contributed by atoms with Crippen molar-refractivity contribution in [3.05, 3.63) is 65.5 Å². The standard InChI is InChI=1S/C23H29N3O2/c1-26(17-14-18-12-15-24-16-13-18)23(28)20-10-8-19(9-11-20)22(27)25-21-6-4-2-3-5-7-21/h8-13,15-16,21H,2-7,14,17H2,1H3,(H,25,27). The predicted octanol–water partition coefficient (Wildman–Crippen LogP) is 3.85. The summed E-state index contributed by atoms with van der Waals surface area (Å²) in [6.45, 7) is 0.632. The molecule has 0 radical (unpaired) electrons. The zero-order valence-corrected chi connectivity index (χ0v) is 16.6. The molecule has 5 nitrogen and oxygen atoms in total. The number of hydrogen-bond acceptors (Lipinski definition) is 3. The molecule has 2 amide bonds. The van der Waals surface area contributed by atoms with Crippen molar-refractivity contribution in [2.75, 3.05) is 13.6 Å². The Morgan fingerprint density at radius 2 is 1.57 bits per heavy atom. The number of aromatic nitrogens is 1. The SMILES string of the molecule is CN(CCc1ccncc1)C(=O)c1ccc(C(=O)NC2CCCCCC2)cc1. The summed E-state index contributed by atoms with van der Waals surface area (Å²) in [6, 6.07) is 11.2. The maximum Gasteiger partial charge on any atom is 0.253 e.